The number of halogens is 2. The molecule has 0 heterocycles. The van der Waals surface area contributed by atoms with Crippen molar-refractivity contribution < 1.29 is 13.3 Å². The summed E-state index contributed by atoms with van der Waals surface area (Å²) in [5, 5.41) is -0.593. The summed E-state index contributed by atoms with van der Waals surface area (Å²) in [4.78, 5) is 9.60. The highest BCUT2D eigenvalue weighted by Crippen LogP contribution is 1.83. The smallest absolute Gasteiger partial charge is 0.249 e. The van der Waals surface area contributed by atoms with E-state index in [2.05, 4.69) is 28.7 Å². The van der Waals surface area contributed by atoms with Gasteiger partial charge in [-0.05, 0) is 11.6 Å². The molecular weight excluding hydrogens is 175 g/mol. The molecule has 0 aliphatic rings. The van der Waals surface area contributed by atoms with Crippen LogP contribution in [0.2, 0.25) is 0 Å². The first-order chi connectivity index (χ1) is 3.77. The zero-order valence-corrected chi connectivity index (χ0v) is 5.92. The number of hydrogen-bond acceptors (Lipinski definition) is 4. The third-order valence-electron chi connectivity index (χ3n) is 0.168. The maximum atomic E-state index is 9.60. The Labute approximate surface area is 61.6 Å². The van der Waals surface area contributed by atoms with Crippen LogP contribution in [0.15, 0.2) is 0 Å². The highest BCUT2D eigenvalue weighted by atomic mass is 35.5. The van der Waals surface area contributed by atoms with Crippen LogP contribution in [-0.2, 0) is 21.6 Å². The van der Waals surface area contributed by atoms with Gasteiger partial charge in [0.1, 0.15) is 6.61 Å². The van der Waals surface area contributed by atoms with E-state index in [0.717, 1.165) is 0 Å². The van der Waals surface area contributed by atoms with Crippen molar-refractivity contribution >= 4 is 41.2 Å². The summed E-state index contributed by atoms with van der Waals surface area (Å²) in [6.07, 6.45) is 0. The zero-order valence-electron chi connectivity index (χ0n) is 3.60. The molecule has 0 saturated carbocycles. The second kappa shape index (κ2) is 10.3. The first kappa shape index (κ1) is 11.1. The Morgan fingerprint density at radius 3 is 2.00 bits per heavy atom. The number of rotatable bonds is 2. The van der Waals surface area contributed by atoms with Crippen LogP contribution in [0, 0.1) is 0 Å². The van der Waals surface area contributed by atoms with Gasteiger partial charge in [-0.3, -0.25) is 9.08 Å². The summed E-state index contributed by atoms with van der Waals surface area (Å²) in [5.41, 5.74) is 0. The number of hydrogen-bond donors (Lipinski definition) is 0. The number of carbonyl (C=O) groups is 1. The van der Waals surface area contributed by atoms with Gasteiger partial charge in [0.15, 0.2) is 12.5 Å². The molecule has 0 aromatic heterocycles. The van der Waals surface area contributed by atoms with Gasteiger partial charge in [0, 0.05) is 0 Å². The zero-order chi connectivity index (χ0) is 6.99. The molecule has 0 rings (SSSR count). The van der Waals surface area contributed by atoms with Gasteiger partial charge >= 0.3 is 0 Å². The first-order valence-electron chi connectivity index (χ1n) is 1.36. The van der Waals surface area contributed by atoms with E-state index in [1.54, 1.807) is 0 Å². The Morgan fingerprint density at radius 2 is 2.00 bits per heavy atom. The quantitative estimate of drug-likeness (QED) is 0.578. The lowest BCUT2D eigenvalue weighted by molar-refractivity contribution is -0.113. The van der Waals surface area contributed by atoms with Gasteiger partial charge in [-0.2, -0.15) is 4.21 Å². The highest BCUT2D eigenvalue weighted by molar-refractivity contribution is 7.44. The third kappa shape index (κ3) is 16.3. The molecule has 0 saturated heterocycles. The van der Waals surface area contributed by atoms with Crippen molar-refractivity contribution in [3.8, 4) is 0 Å². The predicted molar refractivity (Wildman–Crippen MR) is 30.8 cm³/mol. The Morgan fingerprint density at radius 1 is 1.62 bits per heavy atom. The lowest BCUT2D eigenvalue weighted by Gasteiger charge is -1.78. The molecule has 0 aromatic carbocycles. The summed E-state index contributed by atoms with van der Waals surface area (Å²) in [6.45, 7) is -0.233. The van der Waals surface area contributed by atoms with Crippen LogP contribution in [0.1, 0.15) is 0 Å². The molecular formula is C2H2Cl2O3S. The molecule has 0 aromatic rings. The highest BCUT2D eigenvalue weighted by Gasteiger charge is 1.89. The average molecular weight is 177 g/mol. The van der Waals surface area contributed by atoms with E-state index in [4.69, 9.17) is 15.8 Å². The number of carbonyl (C=O) groups excluding carboxylic acids is 1. The summed E-state index contributed by atoms with van der Waals surface area (Å²) in [5.74, 6) is 0. The van der Waals surface area contributed by atoms with E-state index >= 15 is 0 Å². The summed E-state index contributed by atoms with van der Waals surface area (Å²) in [7, 11) is 0. The summed E-state index contributed by atoms with van der Waals surface area (Å²) < 4.78 is 11.6. The topological polar surface area (TPSA) is 43.4 Å². The largest absolute Gasteiger partial charge is 0.279 e. The molecule has 0 amide bonds. The van der Waals surface area contributed by atoms with Crippen LogP contribution in [0.5, 0.6) is 0 Å². The van der Waals surface area contributed by atoms with Crippen LogP contribution in [0.4, 0.5) is 0 Å². The first-order valence-corrected chi connectivity index (χ1v) is 2.38. The molecule has 0 N–H and O–H groups in total. The predicted octanol–water partition coefficient (Wildman–Crippen LogP) is 0.586. The fraction of sp³-hybridized carbons (Fsp3) is 0.500. The van der Waals surface area contributed by atoms with Crippen LogP contribution in [0.3, 0.4) is 0 Å². The minimum absolute atomic E-state index is 0.233. The van der Waals surface area contributed by atoms with Gasteiger partial charge < -0.3 is 0 Å². The van der Waals surface area contributed by atoms with Gasteiger partial charge in [0.2, 0.25) is 5.24 Å². The fourth-order valence-electron chi connectivity index (χ4n) is 0.0429. The second-order valence-corrected chi connectivity index (χ2v) is 1.25. The Balaban J connectivity index is 0. The molecule has 0 fully saturated rings. The van der Waals surface area contributed by atoms with Crippen molar-refractivity contribution in [1.29, 1.82) is 0 Å². The maximum absolute atomic E-state index is 9.60. The van der Waals surface area contributed by atoms with Gasteiger partial charge in [-0.1, -0.05) is 0 Å². The van der Waals surface area contributed by atoms with Crippen LogP contribution >= 0.6 is 23.5 Å². The van der Waals surface area contributed by atoms with Crippen molar-refractivity contribution in [1.82, 2.24) is 0 Å². The molecule has 0 radical (unpaired) electrons. The minimum atomic E-state index is -0.593. The maximum Gasteiger partial charge on any atom is 0.249 e. The average Bonchev–Trinajstić information content (AvgIpc) is 1.72. The normalized spacial score (nSPS) is 6.75. The van der Waals surface area contributed by atoms with E-state index in [1.807, 2.05) is 0 Å². The lowest BCUT2D eigenvalue weighted by Crippen LogP contribution is -1.92. The Kier molecular flexibility index (Phi) is 14.2. The van der Waals surface area contributed by atoms with Crippen molar-refractivity contribution in [3.05, 3.63) is 0 Å². The standard InChI is InChI=1S/C2H2Cl2O2.OS/c3-2(5)1-6-4;1-2/h1H2;. The van der Waals surface area contributed by atoms with Gasteiger partial charge in [-0.25, -0.2) is 0 Å². The van der Waals surface area contributed by atoms with E-state index in [0.29, 0.717) is 0 Å². The van der Waals surface area contributed by atoms with Crippen molar-refractivity contribution in [2.24, 2.45) is 0 Å². The molecule has 48 valence electrons. The molecule has 0 aliphatic carbocycles. The van der Waals surface area contributed by atoms with Crippen molar-refractivity contribution in [2.45, 2.75) is 0 Å². The van der Waals surface area contributed by atoms with Crippen LogP contribution in [0.25, 0.3) is 0 Å². The van der Waals surface area contributed by atoms with E-state index in [-0.39, 0.29) is 6.61 Å². The van der Waals surface area contributed by atoms with E-state index in [1.165, 1.54) is 0 Å². The Bertz CT molecular complexity index is 68.3. The van der Waals surface area contributed by atoms with E-state index < -0.39 is 5.24 Å². The van der Waals surface area contributed by atoms with Gasteiger partial charge in [-0.15, -0.1) is 0 Å². The van der Waals surface area contributed by atoms with Gasteiger partial charge in [0.05, 0.1) is 11.9 Å². The van der Waals surface area contributed by atoms with Gasteiger partial charge in [0.25, 0.3) is 0 Å². The summed E-state index contributed by atoms with van der Waals surface area (Å²) >= 11 is 12.2. The summed E-state index contributed by atoms with van der Waals surface area (Å²) in [6, 6.07) is 0. The SMILES string of the molecule is O=C(Cl)COCl.O=S. The van der Waals surface area contributed by atoms with Crippen molar-refractivity contribution in [2.75, 3.05) is 6.61 Å². The molecule has 0 atom stereocenters. The van der Waals surface area contributed by atoms with Crippen molar-refractivity contribution in [3.63, 3.8) is 0 Å². The molecule has 8 heavy (non-hydrogen) atoms. The Hall–Kier alpha value is 0.230. The minimum Gasteiger partial charge on any atom is -0.279 e. The molecule has 6 heteroatoms. The lowest BCUT2D eigenvalue weighted by atomic mass is 10.8. The van der Waals surface area contributed by atoms with Crippen LogP contribution < -0.4 is 0 Å². The molecule has 0 bridgehead atoms. The fourth-order valence-corrected chi connectivity index (χ4v) is 0.252. The monoisotopic (exact) mass is 176 g/mol. The van der Waals surface area contributed by atoms with E-state index in [9.17, 15) is 4.79 Å². The molecule has 3 nitrogen and oxygen atoms in total. The molecule has 0 aliphatic heterocycles. The second-order valence-electron chi connectivity index (χ2n) is 0.609. The third-order valence-corrected chi connectivity index (χ3v) is 0.386. The molecule has 0 spiro atoms. The molecule has 0 unspecified atom stereocenters. The van der Waals surface area contributed by atoms with Crippen LogP contribution in [-0.4, -0.2) is 16.1 Å².